The highest BCUT2D eigenvalue weighted by Crippen LogP contribution is 2.38. The van der Waals surface area contributed by atoms with Crippen LogP contribution >= 0.6 is 0 Å². The van der Waals surface area contributed by atoms with Gasteiger partial charge in [-0.2, -0.15) is 5.10 Å². The molecule has 27 heavy (non-hydrogen) atoms. The predicted molar refractivity (Wildman–Crippen MR) is 104 cm³/mol. The van der Waals surface area contributed by atoms with Gasteiger partial charge in [0.05, 0.1) is 5.52 Å². The van der Waals surface area contributed by atoms with Crippen LogP contribution in [0.25, 0.3) is 27.9 Å². The number of aromatic nitrogens is 3. The Morgan fingerprint density at radius 2 is 1.67 bits per heavy atom. The third kappa shape index (κ3) is 2.80. The van der Waals surface area contributed by atoms with Gasteiger partial charge >= 0.3 is 0 Å². The molecule has 134 valence electrons. The second-order valence-electron chi connectivity index (χ2n) is 7.19. The third-order valence-electron chi connectivity index (χ3n) is 5.39. The molecule has 2 N–H and O–H groups in total. The van der Waals surface area contributed by atoms with Gasteiger partial charge in [0.1, 0.15) is 11.5 Å². The lowest BCUT2D eigenvalue weighted by atomic mass is 9.77. The number of nitrogens with zero attached hydrogens (tertiary/aromatic N) is 3. The average molecular weight is 358 g/mol. The molecule has 0 saturated heterocycles. The number of fused-ring (bicyclic) bond motifs is 1. The zero-order valence-electron chi connectivity index (χ0n) is 14.7. The number of nitrogens with two attached hydrogens (primary N) is 1. The summed E-state index contributed by atoms with van der Waals surface area (Å²) in [5.74, 6) is 0.254. The van der Waals surface area contributed by atoms with Crippen molar-refractivity contribution in [3.63, 3.8) is 0 Å². The van der Waals surface area contributed by atoms with Gasteiger partial charge in [-0.1, -0.05) is 6.07 Å². The maximum atomic E-state index is 13.4. The number of halogens is 1. The van der Waals surface area contributed by atoms with Crippen LogP contribution in [0.2, 0.25) is 0 Å². The third-order valence-corrected chi connectivity index (χ3v) is 5.39. The van der Waals surface area contributed by atoms with E-state index in [1.54, 1.807) is 24.5 Å². The molecule has 5 rings (SSSR count). The van der Waals surface area contributed by atoms with E-state index >= 15 is 0 Å². The van der Waals surface area contributed by atoms with E-state index in [2.05, 4.69) is 23.3 Å². The van der Waals surface area contributed by atoms with Gasteiger partial charge < -0.3 is 5.73 Å². The maximum Gasteiger partial charge on any atom is 0.123 e. The van der Waals surface area contributed by atoms with Crippen molar-refractivity contribution in [2.24, 2.45) is 5.73 Å². The van der Waals surface area contributed by atoms with Crippen molar-refractivity contribution in [1.29, 1.82) is 0 Å². The molecule has 1 aromatic carbocycles. The van der Waals surface area contributed by atoms with E-state index in [4.69, 9.17) is 10.8 Å². The summed E-state index contributed by atoms with van der Waals surface area (Å²) in [6.07, 6.45) is 7.70. The molecule has 1 aliphatic carbocycles. The molecule has 1 fully saturated rings. The van der Waals surface area contributed by atoms with Crippen molar-refractivity contribution in [3.8, 4) is 22.4 Å². The maximum absolute atomic E-state index is 13.4. The fourth-order valence-corrected chi connectivity index (χ4v) is 3.85. The summed E-state index contributed by atoms with van der Waals surface area (Å²) >= 11 is 0. The highest BCUT2D eigenvalue weighted by Gasteiger charge is 2.28. The van der Waals surface area contributed by atoms with E-state index in [1.165, 1.54) is 17.7 Å². The number of benzene rings is 1. The summed E-state index contributed by atoms with van der Waals surface area (Å²) in [6.45, 7) is 0. The topological polar surface area (TPSA) is 56.2 Å². The van der Waals surface area contributed by atoms with Gasteiger partial charge in [-0.25, -0.2) is 8.91 Å². The Balaban J connectivity index is 1.70. The van der Waals surface area contributed by atoms with Gasteiger partial charge in [-0.05, 0) is 72.4 Å². The van der Waals surface area contributed by atoms with Gasteiger partial charge in [0.2, 0.25) is 0 Å². The summed E-state index contributed by atoms with van der Waals surface area (Å²) in [5, 5.41) is 4.85. The molecular weight excluding hydrogens is 339 g/mol. The van der Waals surface area contributed by atoms with E-state index in [0.717, 1.165) is 40.7 Å². The number of rotatable bonds is 3. The molecule has 1 aliphatic rings. The van der Waals surface area contributed by atoms with Crippen LogP contribution in [-0.4, -0.2) is 20.6 Å². The van der Waals surface area contributed by atoms with Crippen molar-refractivity contribution in [2.75, 3.05) is 0 Å². The lowest BCUT2D eigenvalue weighted by Crippen LogP contribution is -2.34. The summed E-state index contributed by atoms with van der Waals surface area (Å²) in [6, 6.07) is 15.0. The summed E-state index contributed by atoms with van der Waals surface area (Å²) in [5.41, 5.74) is 12.0. The molecule has 3 aromatic heterocycles. The first-order chi connectivity index (χ1) is 13.2. The highest BCUT2D eigenvalue weighted by atomic mass is 19.1. The normalized spacial score (nSPS) is 19.2. The molecule has 4 aromatic rings. The summed E-state index contributed by atoms with van der Waals surface area (Å²) in [7, 11) is 0. The van der Waals surface area contributed by atoms with Crippen molar-refractivity contribution in [2.45, 2.75) is 24.8 Å². The minimum atomic E-state index is -0.253. The molecule has 0 aliphatic heterocycles. The minimum Gasteiger partial charge on any atom is -0.328 e. The molecule has 4 nitrogen and oxygen atoms in total. The first-order valence-corrected chi connectivity index (χ1v) is 9.13. The molecular formula is C22H19FN4. The van der Waals surface area contributed by atoms with Crippen LogP contribution < -0.4 is 5.73 Å². The standard InChI is InChI=1S/C22H19FN4/c23-18-4-1-15(2-5-18)22-21(14-7-9-25-10-8-14)20-6-3-16(13-27(20)26-22)17-11-19(24)12-17/h1-10,13,17,19H,11-12,24H2. The van der Waals surface area contributed by atoms with Crippen LogP contribution in [0.1, 0.15) is 24.3 Å². The molecule has 0 bridgehead atoms. The van der Waals surface area contributed by atoms with Crippen LogP contribution in [0, 0.1) is 5.82 Å². The van der Waals surface area contributed by atoms with Crippen LogP contribution in [0.4, 0.5) is 4.39 Å². The first-order valence-electron chi connectivity index (χ1n) is 9.13. The van der Waals surface area contributed by atoms with Crippen molar-refractivity contribution in [1.82, 2.24) is 14.6 Å². The van der Waals surface area contributed by atoms with Gasteiger partial charge in [-0.15, -0.1) is 0 Å². The van der Waals surface area contributed by atoms with Gasteiger partial charge in [0, 0.05) is 35.8 Å². The van der Waals surface area contributed by atoms with E-state index in [9.17, 15) is 4.39 Å². The van der Waals surface area contributed by atoms with Crippen LogP contribution in [0.15, 0.2) is 67.1 Å². The Kier molecular flexibility index (Phi) is 3.76. The average Bonchev–Trinajstić information content (AvgIpc) is 3.05. The van der Waals surface area contributed by atoms with Crippen molar-refractivity contribution in [3.05, 3.63) is 78.5 Å². The zero-order valence-corrected chi connectivity index (χ0v) is 14.7. The summed E-state index contributed by atoms with van der Waals surface area (Å²) in [4.78, 5) is 4.12. The van der Waals surface area contributed by atoms with Gasteiger partial charge in [-0.3, -0.25) is 4.98 Å². The lowest BCUT2D eigenvalue weighted by Gasteiger charge is -2.32. The Morgan fingerprint density at radius 1 is 0.926 bits per heavy atom. The summed E-state index contributed by atoms with van der Waals surface area (Å²) < 4.78 is 15.3. The quantitative estimate of drug-likeness (QED) is 0.590. The molecule has 0 radical (unpaired) electrons. The van der Waals surface area contributed by atoms with E-state index < -0.39 is 0 Å². The van der Waals surface area contributed by atoms with Crippen LogP contribution in [0.5, 0.6) is 0 Å². The molecule has 3 heterocycles. The fraction of sp³-hybridized carbons (Fsp3) is 0.182. The predicted octanol–water partition coefficient (Wildman–Crippen LogP) is 4.41. The lowest BCUT2D eigenvalue weighted by molar-refractivity contribution is 0.350. The molecule has 0 amide bonds. The Morgan fingerprint density at radius 3 is 2.37 bits per heavy atom. The molecule has 1 saturated carbocycles. The minimum absolute atomic E-state index is 0.253. The van der Waals surface area contributed by atoms with Crippen molar-refractivity contribution < 1.29 is 4.39 Å². The van der Waals surface area contributed by atoms with Gasteiger partial charge in [0.25, 0.3) is 0 Å². The fourth-order valence-electron chi connectivity index (χ4n) is 3.85. The zero-order chi connectivity index (χ0) is 18.4. The Bertz CT molecular complexity index is 1100. The smallest absolute Gasteiger partial charge is 0.123 e. The van der Waals surface area contributed by atoms with Crippen LogP contribution in [-0.2, 0) is 0 Å². The second kappa shape index (κ2) is 6.28. The molecule has 5 heteroatoms. The Labute approximate surface area is 156 Å². The number of pyridine rings is 2. The van der Waals surface area contributed by atoms with Crippen molar-refractivity contribution >= 4 is 5.52 Å². The second-order valence-corrected chi connectivity index (χ2v) is 7.19. The SMILES string of the molecule is NC1CC(c2ccc3c(-c4ccncc4)c(-c4ccc(F)cc4)nn3c2)C1. The molecule has 0 spiro atoms. The van der Waals surface area contributed by atoms with E-state index in [0.29, 0.717) is 12.0 Å². The molecule has 0 atom stereocenters. The largest absolute Gasteiger partial charge is 0.328 e. The van der Waals surface area contributed by atoms with E-state index in [1.807, 2.05) is 16.6 Å². The monoisotopic (exact) mass is 358 g/mol. The number of hydrogen-bond acceptors (Lipinski definition) is 3. The Hall–Kier alpha value is -3.05. The number of hydrogen-bond donors (Lipinski definition) is 1. The van der Waals surface area contributed by atoms with Crippen LogP contribution in [0.3, 0.4) is 0 Å². The molecule has 0 unspecified atom stereocenters. The van der Waals surface area contributed by atoms with E-state index in [-0.39, 0.29) is 5.82 Å². The first kappa shape index (κ1) is 16.1. The highest BCUT2D eigenvalue weighted by molar-refractivity contribution is 5.92. The van der Waals surface area contributed by atoms with Gasteiger partial charge in [0.15, 0.2) is 0 Å².